The van der Waals surface area contributed by atoms with Crippen LogP contribution >= 0.6 is 0 Å². The Morgan fingerprint density at radius 1 is 1.10 bits per heavy atom. The summed E-state index contributed by atoms with van der Waals surface area (Å²) in [5, 5.41) is 3.58. The van der Waals surface area contributed by atoms with E-state index >= 15 is 0 Å². The molecule has 0 aliphatic carbocycles. The van der Waals surface area contributed by atoms with Crippen molar-refractivity contribution in [1.29, 1.82) is 0 Å². The predicted molar refractivity (Wildman–Crippen MR) is 105 cm³/mol. The lowest BCUT2D eigenvalue weighted by Crippen LogP contribution is -2.32. The smallest absolute Gasteiger partial charge is 0.297 e. The Hall–Kier alpha value is -3.81. The number of carbonyl (C=O) groups is 1. The third kappa shape index (κ3) is 3.18. The van der Waals surface area contributed by atoms with E-state index in [2.05, 4.69) is 10.3 Å². The highest BCUT2D eigenvalue weighted by Crippen LogP contribution is 2.30. The third-order valence-electron chi connectivity index (χ3n) is 4.76. The zero-order valence-corrected chi connectivity index (χ0v) is 15.4. The molecule has 5 rings (SSSR count). The summed E-state index contributed by atoms with van der Waals surface area (Å²) < 4.78 is 17.9. The first-order chi connectivity index (χ1) is 14.2. The SMILES string of the molecule is O=C(Cn1cnc2c(oc3ccccc32)c1=O)NCc1ccc2c(c1)OCCO2. The van der Waals surface area contributed by atoms with Gasteiger partial charge >= 0.3 is 0 Å². The van der Waals surface area contributed by atoms with E-state index in [4.69, 9.17) is 13.9 Å². The number of furan rings is 1. The van der Waals surface area contributed by atoms with Crippen LogP contribution in [0.15, 0.2) is 58.0 Å². The Kier molecular flexibility index (Phi) is 4.16. The average Bonchev–Trinajstić information content (AvgIpc) is 3.14. The number of nitrogens with zero attached hydrogens (tertiary/aromatic N) is 2. The summed E-state index contributed by atoms with van der Waals surface area (Å²) in [7, 11) is 0. The molecule has 2 aromatic heterocycles. The highest BCUT2D eigenvalue weighted by Gasteiger charge is 2.15. The van der Waals surface area contributed by atoms with Gasteiger partial charge in [-0.05, 0) is 29.8 Å². The Morgan fingerprint density at radius 2 is 1.93 bits per heavy atom. The molecule has 29 heavy (non-hydrogen) atoms. The minimum absolute atomic E-state index is 0.147. The number of nitrogens with one attached hydrogen (secondary N) is 1. The largest absolute Gasteiger partial charge is 0.486 e. The lowest BCUT2D eigenvalue weighted by Gasteiger charge is -2.19. The van der Waals surface area contributed by atoms with E-state index in [-0.39, 0.29) is 23.6 Å². The Bertz CT molecular complexity index is 1290. The minimum atomic E-state index is -0.388. The van der Waals surface area contributed by atoms with Gasteiger partial charge in [-0.3, -0.25) is 14.2 Å². The van der Waals surface area contributed by atoms with Crippen LogP contribution in [0.2, 0.25) is 0 Å². The molecule has 0 saturated carbocycles. The molecule has 0 unspecified atom stereocenters. The lowest BCUT2D eigenvalue weighted by atomic mass is 10.2. The van der Waals surface area contributed by atoms with E-state index < -0.39 is 0 Å². The number of ether oxygens (including phenoxy) is 2. The maximum absolute atomic E-state index is 12.7. The number of aromatic nitrogens is 2. The molecule has 0 spiro atoms. The van der Waals surface area contributed by atoms with Crippen molar-refractivity contribution >= 4 is 28.0 Å². The average molecular weight is 391 g/mol. The predicted octanol–water partition coefficient (Wildman–Crippen LogP) is 2.23. The molecule has 2 aromatic carbocycles. The summed E-state index contributed by atoms with van der Waals surface area (Å²) in [5.41, 5.74) is 1.72. The number of amides is 1. The summed E-state index contributed by atoms with van der Waals surface area (Å²) in [4.78, 5) is 29.3. The topological polar surface area (TPSA) is 95.6 Å². The zero-order chi connectivity index (χ0) is 19.8. The van der Waals surface area contributed by atoms with Crippen LogP contribution in [0, 0.1) is 0 Å². The van der Waals surface area contributed by atoms with Crippen molar-refractivity contribution in [3.8, 4) is 11.5 Å². The Balaban J connectivity index is 1.31. The first kappa shape index (κ1) is 17.3. The second kappa shape index (κ2) is 6.97. The first-order valence-electron chi connectivity index (χ1n) is 9.21. The number of rotatable bonds is 4. The van der Waals surface area contributed by atoms with Gasteiger partial charge in [0.25, 0.3) is 5.56 Å². The van der Waals surface area contributed by atoms with Gasteiger partial charge < -0.3 is 19.2 Å². The van der Waals surface area contributed by atoms with Gasteiger partial charge in [0.05, 0.1) is 6.33 Å². The summed E-state index contributed by atoms with van der Waals surface area (Å²) >= 11 is 0. The van der Waals surface area contributed by atoms with E-state index in [1.165, 1.54) is 10.9 Å². The zero-order valence-electron chi connectivity index (χ0n) is 15.4. The van der Waals surface area contributed by atoms with Gasteiger partial charge in [0, 0.05) is 11.9 Å². The van der Waals surface area contributed by atoms with Gasteiger partial charge in [0.1, 0.15) is 30.9 Å². The lowest BCUT2D eigenvalue weighted by molar-refractivity contribution is -0.121. The van der Waals surface area contributed by atoms with E-state index in [0.29, 0.717) is 42.4 Å². The molecule has 0 saturated heterocycles. The molecule has 0 bridgehead atoms. The summed E-state index contributed by atoms with van der Waals surface area (Å²) in [6.07, 6.45) is 1.37. The molecule has 4 aromatic rings. The van der Waals surface area contributed by atoms with Gasteiger partial charge in [0.15, 0.2) is 11.5 Å². The van der Waals surface area contributed by atoms with Crippen molar-refractivity contribution in [2.24, 2.45) is 0 Å². The van der Waals surface area contributed by atoms with E-state index in [1.54, 1.807) is 6.07 Å². The normalized spacial score (nSPS) is 13.0. The molecule has 0 fully saturated rings. The molecule has 1 N–H and O–H groups in total. The van der Waals surface area contributed by atoms with Crippen LogP contribution in [-0.4, -0.2) is 28.7 Å². The Labute approximate surface area is 164 Å². The molecular formula is C21H17N3O5. The number of benzene rings is 2. The molecule has 1 aliphatic heterocycles. The summed E-state index contributed by atoms with van der Waals surface area (Å²) in [6.45, 7) is 1.19. The minimum Gasteiger partial charge on any atom is -0.486 e. The number of carbonyl (C=O) groups excluding carboxylic acids is 1. The maximum Gasteiger partial charge on any atom is 0.297 e. The van der Waals surface area contributed by atoms with Crippen LogP contribution in [0.4, 0.5) is 0 Å². The number of fused-ring (bicyclic) bond motifs is 4. The quantitative estimate of drug-likeness (QED) is 0.573. The van der Waals surface area contributed by atoms with Crippen LogP contribution in [0.5, 0.6) is 11.5 Å². The van der Waals surface area contributed by atoms with Crippen molar-refractivity contribution in [3.05, 3.63) is 64.7 Å². The number of para-hydroxylation sites is 1. The fourth-order valence-corrected chi connectivity index (χ4v) is 3.34. The second-order valence-corrected chi connectivity index (χ2v) is 6.71. The molecule has 0 radical (unpaired) electrons. The molecule has 146 valence electrons. The number of hydrogen-bond donors (Lipinski definition) is 1. The van der Waals surface area contributed by atoms with Gasteiger partial charge in [-0.1, -0.05) is 18.2 Å². The molecule has 8 nitrogen and oxygen atoms in total. The molecule has 3 heterocycles. The van der Waals surface area contributed by atoms with E-state index in [9.17, 15) is 9.59 Å². The van der Waals surface area contributed by atoms with Crippen molar-refractivity contribution in [2.75, 3.05) is 13.2 Å². The van der Waals surface area contributed by atoms with Gasteiger partial charge in [-0.2, -0.15) is 0 Å². The third-order valence-corrected chi connectivity index (χ3v) is 4.76. The standard InChI is InChI=1S/C21H17N3O5/c25-18(22-10-13-5-6-16-17(9-13)28-8-7-27-16)11-24-12-23-19-14-3-1-2-4-15(14)29-20(19)21(24)26/h1-6,9,12H,7-8,10-11H2,(H,22,25). The van der Waals surface area contributed by atoms with Crippen LogP contribution < -0.4 is 20.3 Å². The molecular weight excluding hydrogens is 374 g/mol. The van der Waals surface area contributed by atoms with E-state index in [1.807, 2.05) is 36.4 Å². The van der Waals surface area contributed by atoms with Crippen LogP contribution in [0.3, 0.4) is 0 Å². The van der Waals surface area contributed by atoms with Crippen LogP contribution in [0.1, 0.15) is 5.56 Å². The monoisotopic (exact) mass is 391 g/mol. The van der Waals surface area contributed by atoms with Crippen molar-refractivity contribution in [1.82, 2.24) is 14.9 Å². The molecule has 1 amide bonds. The van der Waals surface area contributed by atoms with Crippen molar-refractivity contribution in [2.45, 2.75) is 13.1 Å². The fraction of sp³-hybridized carbons (Fsp3) is 0.190. The van der Waals surface area contributed by atoms with E-state index in [0.717, 1.165) is 10.9 Å². The van der Waals surface area contributed by atoms with Gasteiger partial charge in [0.2, 0.25) is 11.5 Å². The van der Waals surface area contributed by atoms with Gasteiger partial charge in [-0.15, -0.1) is 0 Å². The number of hydrogen-bond acceptors (Lipinski definition) is 6. The van der Waals surface area contributed by atoms with Crippen molar-refractivity contribution in [3.63, 3.8) is 0 Å². The summed E-state index contributed by atoms with van der Waals surface area (Å²) in [5.74, 6) is 1.06. The Morgan fingerprint density at radius 3 is 2.83 bits per heavy atom. The van der Waals surface area contributed by atoms with Gasteiger partial charge in [-0.25, -0.2) is 4.98 Å². The molecule has 1 aliphatic rings. The van der Waals surface area contributed by atoms with Crippen LogP contribution in [0.25, 0.3) is 22.1 Å². The fourth-order valence-electron chi connectivity index (χ4n) is 3.34. The highest BCUT2D eigenvalue weighted by molar-refractivity contribution is 6.01. The van der Waals surface area contributed by atoms with Crippen molar-refractivity contribution < 1.29 is 18.7 Å². The molecule has 0 atom stereocenters. The summed E-state index contributed by atoms with van der Waals surface area (Å²) in [6, 6.07) is 12.8. The maximum atomic E-state index is 12.7. The van der Waals surface area contributed by atoms with Crippen LogP contribution in [-0.2, 0) is 17.9 Å². The first-order valence-corrected chi connectivity index (χ1v) is 9.21. The highest BCUT2D eigenvalue weighted by atomic mass is 16.6. The molecule has 8 heteroatoms. The second-order valence-electron chi connectivity index (χ2n) is 6.71.